The van der Waals surface area contributed by atoms with Crippen LogP contribution in [-0.2, 0) is 4.79 Å². The Kier molecular flexibility index (Phi) is 2.80. The Bertz CT molecular complexity index is 204. The molecule has 76 valence electrons. The highest BCUT2D eigenvalue weighted by Gasteiger charge is 2.43. The van der Waals surface area contributed by atoms with E-state index in [1.807, 2.05) is 0 Å². The average Bonchev–Trinajstić information content (AvgIpc) is 2.03. The lowest BCUT2D eigenvalue weighted by molar-refractivity contribution is -0.184. The van der Waals surface area contributed by atoms with Crippen molar-refractivity contribution in [3.05, 3.63) is 0 Å². The second-order valence-electron chi connectivity index (χ2n) is 3.11. The third-order valence-electron chi connectivity index (χ3n) is 2.16. The summed E-state index contributed by atoms with van der Waals surface area (Å²) in [6, 6.07) is -1.06. The number of hydrogen-bond donors (Lipinski definition) is 2. The molecule has 0 aromatic carbocycles. The van der Waals surface area contributed by atoms with Gasteiger partial charge in [-0.2, -0.15) is 13.2 Å². The first-order chi connectivity index (χ1) is 5.91. The Morgan fingerprint density at radius 2 is 2.08 bits per heavy atom. The molecule has 6 heteroatoms. The van der Waals surface area contributed by atoms with E-state index in [1.165, 1.54) is 0 Å². The Labute approximate surface area is 72.9 Å². The Hall–Kier alpha value is -0.780. The van der Waals surface area contributed by atoms with Gasteiger partial charge in [0.05, 0.1) is 5.92 Å². The molecule has 1 rings (SSSR count). The highest BCUT2D eigenvalue weighted by Crippen LogP contribution is 2.33. The molecule has 0 unspecified atom stereocenters. The molecule has 13 heavy (non-hydrogen) atoms. The van der Waals surface area contributed by atoms with Gasteiger partial charge >= 0.3 is 12.1 Å². The molecule has 0 saturated carbocycles. The topological polar surface area (TPSA) is 49.3 Å². The van der Waals surface area contributed by atoms with E-state index in [2.05, 4.69) is 5.32 Å². The average molecular weight is 197 g/mol. The zero-order valence-corrected chi connectivity index (χ0v) is 6.77. The van der Waals surface area contributed by atoms with E-state index in [-0.39, 0.29) is 19.4 Å². The number of nitrogens with one attached hydrogen (secondary N) is 1. The van der Waals surface area contributed by atoms with Gasteiger partial charge in [0.2, 0.25) is 0 Å². The summed E-state index contributed by atoms with van der Waals surface area (Å²) in [6.07, 6.45) is -4.66. The van der Waals surface area contributed by atoms with E-state index in [9.17, 15) is 18.0 Å². The molecular formula is C7H10F3NO2. The smallest absolute Gasteiger partial charge is 0.391 e. The van der Waals surface area contributed by atoms with Gasteiger partial charge in [0, 0.05) is 0 Å². The molecule has 1 aliphatic heterocycles. The maximum absolute atomic E-state index is 12.2. The number of carboxylic acid groups (broad SMARTS) is 1. The largest absolute Gasteiger partial charge is 0.480 e. The van der Waals surface area contributed by atoms with Crippen LogP contribution in [0.4, 0.5) is 13.2 Å². The predicted octanol–water partition coefficient (Wildman–Crippen LogP) is 1.00. The van der Waals surface area contributed by atoms with Gasteiger partial charge in [-0.15, -0.1) is 0 Å². The molecule has 0 amide bonds. The Morgan fingerprint density at radius 3 is 2.54 bits per heavy atom. The van der Waals surface area contributed by atoms with E-state index in [1.54, 1.807) is 0 Å². The van der Waals surface area contributed by atoms with Crippen LogP contribution in [0.3, 0.4) is 0 Å². The van der Waals surface area contributed by atoms with Gasteiger partial charge in [-0.05, 0) is 19.4 Å². The van der Waals surface area contributed by atoms with Crippen LogP contribution < -0.4 is 5.32 Å². The predicted molar refractivity (Wildman–Crippen MR) is 38.2 cm³/mol. The molecule has 0 aliphatic carbocycles. The summed E-state index contributed by atoms with van der Waals surface area (Å²) >= 11 is 0. The van der Waals surface area contributed by atoms with Gasteiger partial charge in [-0.1, -0.05) is 0 Å². The minimum absolute atomic E-state index is 0.0344. The molecule has 0 aromatic rings. The maximum Gasteiger partial charge on any atom is 0.391 e. The molecule has 1 heterocycles. The van der Waals surface area contributed by atoms with E-state index >= 15 is 0 Å². The minimum Gasteiger partial charge on any atom is -0.480 e. The quantitative estimate of drug-likeness (QED) is 0.659. The molecule has 2 N–H and O–H groups in total. The molecule has 3 nitrogen and oxygen atoms in total. The van der Waals surface area contributed by atoms with Crippen LogP contribution in [0.15, 0.2) is 0 Å². The van der Waals surface area contributed by atoms with Crippen molar-refractivity contribution in [3.63, 3.8) is 0 Å². The van der Waals surface area contributed by atoms with Crippen LogP contribution in [0.2, 0.25) is 0 Å². The van der Waals surface area contributed by atoms with E-state index in [0.717, 1.165) is 0 Å². The molecule has 0 spiro atoms. The first-order valence-electron chi connectivity index (χ1n) is 3.94. The van der Waals surface area contributed by atoms with Crippen LogP contribution in [0, 0.1) is 5.92 Å². The van der Waals surface area contributed by atoms with Crippen LogP contribution >= 0.6 is 0 Å². The number of piperidine rings is 1. The van der Waals surface area contributed by atoms with Crippen molar-refractivity contribution in [1.82, 2.24) is 5.32 Å². The Balaban J connectivity index is 2.57. The molecular weight excluding hydrogens is 187 g/mol. The second-order valence-corrected chi connectivity index (χ2v) is 3.11. The van der Waals surface area contributed by atoms with Crippen LogP contribution in [-0.4, -0.2) is 29.8 Å². The van der Waals surface area contributed by atoms with E-state index < -0.39 is 24.1 Å². The number of hydrogen-bond acceptors (Lipinski definition) is 2. The Morgan fingerprint density at radius 1 is 1.46 bits per heavy atom. The van der Waals surface area contributed by atoms with Gasteiger partial charge in [-0.3, -0.25) is 4.79 Å². The van der Waals surface area contributed by atoms with Gasteiger partial charge in [0.1, 0.15) is 6.04 Å². The van der Waals surface area contributed by atoms with Crippen molar-refractivity contribution in [2.24, 2.45) is 5.92 Å². The second kappa shape index (κ2) is 3.53. The van der Waals surface area contributed by atoms with Crippen LogP contribution in [0.25, 0.3) is 0 Å². The highest BCUT2D eigenvalue weighted by molar-refractivity contribution is 5.73. The van der Waals surface area contributed by atoms with E-state index in [0.29, 0.717) is 0 Å². The molecule has 0 bridgehead atoms. The lowest BCUT2D eigenvalue weighted by Gasteiger charge is -2.29. The summed E-state index contributed by atoms with van der Waals surface area (Å²) in [5, 5.41) is 11.0. The number of alkyl halides is 3. The van der Waals surface area contributed by atoms with Crippen molar-refractivity contribution in [2.45, 2.75) is 25.1 Å². The summed E-state index contributed by atoms with van der Waals surface area (Å²) in [6.45, 7) is 0.112. The van der Waals surface area contributed by atoms with Crippen molar-refractivity contribution in [1.29, 1.82) is 0 Å². The third kappa shape index (κ3) is 2.58. The summed E-state index contributed by atoms with van der Waals surface area (Å²) in [5.74, 6) is -2.69. The highest BCUT2D eigenvalue weighted by atomic mass is 19.4. The summed E-state index contributed by atoms with van der Waals surface area (Å²) in [5.41, 5.74) is 0. The normalized spacial score (nSPS) is 30.1. The van der Waals surface area contributed by atoms with Crippen molar-refractivity contribution in [2.75, 3.05) is 6.54 Å². The van der Waals surface area contributed by atoms with E-state index in [4.69, 9.17) is 5.11 Å². The number of rotatable bonds is 1. The molecule has 0 radical (unpaired) electrons. The SMILES string of the molecule is O=C(O)[C@H]1C[C@@H](C(F)(F)F)CCN1. The standard InChI is InChI=1S/C7H10F3NO2/c8-7(9,10)4-1-2-11-5(3-4)6(12)13/h4-5,11H,1-3H2,(H,12,13)/t4-,5+/m0/s1. The summed E-state index contributed by atoms with van der Waals surface area (Å²) in [7, 11) is 0. The zero-order valence-electron chi connectivity index (χ0n) is 6.77. The lowest BCUT2D eigenvalue weighted by Crippen LogP contribution is -2.46. The molecule has 0 aromatic heterocycles. The third-order valence-corrected chi connectivity index (χ3v) is 2.16. The lowest BCUT2D eigenvalue weighted by atomic mass is 9.92. The van der Waals surface area contributed by atoms with Crippen molar-refractivity contribution >= 4 is 5.97 Å². The fourth-order valence-electron chi connectivity index (χ4n) is 1.40. The number of halogens is 3. The van der Waals surface area contributed by atoms with Crippen molar-refractivity contribution in [3.8, 4) is 0 Å². The monoisotopic (exact) mass is 197 g/mol. The van der Waals surface area contributed by atoms with Gasteiger partial charge in [-0.25, -0.2) is 0 Å². The fourth-order valence-corrected chi connectivity index (χ4v) is 1.40. The van der Waals surface area contributed by atoms with Gasteiger partial charge in [0.25, 0.3) is 0 Å². The molecule has 1 aliphatic rings. The van der Waals surface area contributed by atoms with Gasteiger partial charge < -0.3 is 10.4 Å². The summed E-state index contributed by atoms with van der Waals surface area (Å²) < 4.78 is 36.5. The zero-order chi connectivity index (χ0) is 10.1. The van der Waals surface area contributed by atoms with Crippen molar-refractivity contribution < 1.29 is 23.1 Å². The first kappa shape index (κ1) is 10.3. The molecule has 2 atom stereocenters. The number of aliphatic carboxylic acids is 1. The number of carbonyl (C=O) groups is 1. The molecule has 1 fully saturated rings. The van der Waals surface area contributed by atoms with Crippen LogP contribution in [0.5, 0.6) is 0 Å². The fraction of sp³-hybridized carbons (Fsp3) is 0.857. The first-order valence-corrected chi connectivity index (χ1v) is 3.94. The van der Waals surface area contributed by atoms with Crippen LogP contribution in [0.1, 0.15) is 12.8 Å². The summed E-state index contributed by atoms with van der Waals surface area (Å²) in [4.78, 5) is 10.4. The minimum atomic E-state index is -4.27. The number of carboxylic acids is 1. The van der Waals surface area contributed by atoms with Gasteiger partial charge in [0.15, 0.2) is 0 Å². The maximum atomic E-state index is 12.2. The molecule has 1 saturated heterocycles.